The predicted octanol–water partition coefficient (Wildman–Crippen LogP) is 3.63. The summed E-state index contributed by atoms with van der Waals surface area (Å²) >= 11 is 1.22. The first-order valence-electron chi connectivity index (χ1n) is 15.4. The van der Waals surface area contributed by atoms with Crippen molar-refractivity contribution in [2.24, 2.45) is 0 Å². The Morgan fingerprint density at radius 1 is 1.20 bits per heavy atom. The van der Waals surface area contributed by atoms with E-state index < -0.39 is 11.9 Å². The number of aromatic hydroxyl groups is 1. The molecule has 0 saturated carbocycles. The van der Waals surface area contributed by atoms with Crippen molar-refractivity contribution in [3.05, 3.63) is 24.1 Å². The minimum absolute atomic E-state index is 0.0159. The summed E-state index contributed by atoms with van der Waals surface area (Å²) in [4.78, 5) is 34.0. The number of pyridine rings is 2. The fraction of sp³-hybridized carbons (Fsp3) is 0.484. The number of carbonyl (C=O) groups is 1. The van der Waals surface area contributed by atoms with Crippen LogP contribution in [-0.4, -0.2) is 87.8 Å². The number of benzene rings is 1. The van der Waals surface area contributed by atoms with E-state index in [1.807, 2.05) is 0 Å². The van der Waals surface area contributed by atoms with Gasteiger partial charge in [0.1, 0.15) is 35.3 Å². The highest BCUT2D eigenvalue weighted by atomic mass is 32.1. The van der Waals surface area contributed by atoms with Gasteiger partial charge in [-0.3, -0.25) is 14.7 Å². The summed E-state index contributed by atoms with van der Waals surface area (Å²) in [7, 11) is 1.77. The number of phenolic OH excluding ortho intramolecular Hbond substituents is 1. The number of nitrogen functional groups attached to an aromatic ring is 1. The zero-order chi connectivity index (χ0) is 29.9. The van der Waals surface area contributed by atoms with Crippen LogP contribution in [0.4, 0.5) is 20.9 Å². The molecule has 9 rings (SSSR count). The third kappa shape index (κ3) is 3.66. The third-order valence-corrected chi connectivity index (χ3v) is 11.5. The Morgan fingerprint density at radius 2 is 2.02 bits per heavy atom. The molecule has 3 atom stereocenters. The van der Waals surface area contributed by atoms with E-state index in [-0.39, 0.29) is 46.4 Å². The van der Waals surface area contributed by atoms with Crippen LogP contribution in [0.15, 0.2) is 18.3 Å². The van der Waals surface area contributed by atoms with Gasteiger partial charge in [0.2, 0.25) is 5.88 Å². The second-order valence-electron chi connectivity index (χ2n) is 12.9. The van der Waals surface area contributed by atoms with Crippen LogP contribution in [0.2, 0.25) is 0 Å². The molecule has 3 unspecified atom stereocenters. The fourth-order valence-corrected chi connectivity index (χ4v) is 9.38. The number of nitrogens with one attached hydrogen (secondary N) is 1. The highest BCUT2D eigenvalue weighted by molar-refractivity contribution is 7.22. The Labute approximate surface area is 256 Å². The van der Waals surface area contributed by atoms with Crippen LogP contribution < -0.4 is 25.6 Å². The van der Waals surface area contributed by atoms with Gasteiger partial charge in [-0.05, 0) is 57.7 Å². The molecule has 4 aromatic rings. The lowest BCUT2D eigenvalue weighted by atomic mass is 9.95. The average molecular weight is 617 g/mol. The van der Waals surface area contributed by atoms with Gasteiger partial charge in [-0.25, -0.2) is 14.4 Å². The normalized spacial score (nSPS) is 25.6. The summed E-state index contributed by atoms with van der Waals surface area (Å²) in [6.07, 6.45) is 7.89. The van der Waals surface area contributed by atoms with E-state index in [9.17, 15) is 9.90 Å². The quantitative estimate of drug-likeness (QED) is 0.312. The van der Waals surface area contributed by atoms with Crippen LogP contribution in [-0.2, 0) is 4.79 Å². The molecule has 44 heavy (non-hydrogen) atoms. The van der Waals surface area contributed by atoms with E-state index in [0.29, 0.717) is 45.1 Å². The van der Waals surface area contributed by atoms with Gasteiger partial charge in [0, 0.05) is 48.9 Å². The Morgan fingerprint density at radius 3 is 2.84 bits per heavy atom. The van der Waals surface area contributed by atoms with E-state index in [2.05, 4.69) is 25.1 Å². The molecule has 4 N–H and O–H groups in total. The van der Waals surface area contributed by atoms with E-state index >= 15 is 4.39 Å². The molecule has 5 aliphatic heterocycles. The molecule has 1 amide bonds. The van der Waals surface area contributed by atoms with Gasteiger partial charge < -0.3 is 30.7 Å². The van der Waals surface area contributed by atoms with Gasteiger partial charge in [0.05, 0.1) is 21.4 Å². The number of piperazine rings is 1. The van der Waals surface area contributed by atoms with E-state index in [1.165, 1.54) is 23.5 Å². The van der Waals surface area contributed by atoms with Gasteiger partial charge in [0.15, 0.2) is 10.9 Å². The number of nitrogens with two attached hydrogens (primary N) is 1. The first-order valence-corrected chi connectivity index (χ1v) is 16.2. The zero-order valence-corrected chi connectivity index (χ0v) is 25.2. The van der Waals surface area contributed by atoms with Crippen LogP contribution in [0.1, 0.15) is 38.5 Å². The molecular formula is C31H33FN8O3S. The largest absolute Gasteiger partial charge is 0.508 e. The zero-order valence-electron chi connectivity index (χ0n) is 24.3. The van der Waals surface area contributed by atoms with Crippen LogP contribution in [0, 0.1) is 5.82 Å². The standard InChI is InChI=1S/C31H33FN8O3S/c1-38-26-24(40-13-15-4-5-19(35-15)25(40)29(38)42)18-12-34-22(17-10-16(41)11-20-27(17)44-30(33)36-20)21(32)23(18)37-28(26)43-14-31-6-2-8-39(31)9-3-7-31/h10-12,15,19,25,35,41H,2-9,13-14H2,1H3,(H2,33,36). The molecule has 0 spiro atoms. The summed E-state index contributed by atoms with van der Waals surface area (Å²) in [5, 5.41) is 14.9. The lowest BCUT2D eigenvalue weighted by Crippen LogP contribution is -2.66. The Kier molecular flexibility index (Phi) is 5.65. The van der Waals surface area contributed by atoms with Crippen molar-refractivity contribution in [1.29, 1.82) is 0 Å². The van der Waals surface area contributed by atoms with Crippen molar-refractivity contribution < 1.29 is 19.0 Å². The van der Waals surface area contributed by atoms with E-state index in [0.717, 1.165) is 57.3 Å². The van der Waals surface area contributed by atoms with Crippen LogP contribution >= 0.6 is 11.3 Å². The lowest BCUT2D eigenvalue weighted by Gasteiger charge is -2.48. The van der Waals surface area contributed by atoms with Gasteiger partial charge in [-0.15, -0.1) is 0 Å². The van der Waals surface area contributed by atoms with Crippen molar-refractivity contribution in [1.82, 2.24) is 25.2 Å². The maximum absolute atomic E-state index is 16.9. The third-order valence-electron chi connectivity index (χ3n) is 10.5. The van der Waals surface area contributed by atoms with Crippen molar-refractivity contribution in [3.8, 4) is 22.9 Å². The SMILES string of the molecule is CN1C(=O)C2C3CCC(CN2c2c1c(OCC14CCCN1CCC4)nc1c(F)c(-c4cc(O)cc5nc(N)sc45)ncc21)N3. The number of halogens is 1. The maximum Gasteiger partial charge on any atom is 0.251 e. The highest BCUT2D eigenvalue weighted by Gasteiger charge is 2.51. The number of phenols is 1. The second-order valence-corrected chi connectivity index (χ2v) is 14.0. The van der Waals surface area contributed by atoms with Gasteiger partial charge in [-0.2, -0.15) is 0 Å². The molecule has 5 aliphatic rings. The molecule has 2 bridgehead atoms. The molecule has 3 aromatic heterocycles. The number of hydrogen-bond acceptors (Lipinski definition) is 11. The summed E-state index contributed by atoms with van der Waals surface area (Å²) in [5.74, 6) is -0.430. The number of anilines is 3. The number of aromatic nitrogens is 3. The summed E-state index contributed by atoms with van der Waals surface area (Å²) in [6, 6.07) is 2.84. The number of thiazole rings is 1. The van der Waals surface area contributed by atoms with E-state index in [1.54, 1.807) is 18.1 Å². The summed E-state index contributed by atoms with van der Waals surface area (Å²) < 4.78 is 24.1. The topological polar surface area (TPSA) is 133 Å². The average Bonchev–Trinajstić information content (AvgIpc) is 3.77. The number of nitrogens with zero attached hydrogens (tertiary/aromatic N) is 6. The minimum atomic E-state index is -0.621. The number of hydrogen-bond donors (Lipinski definition) is 3. The minimum Gasteiger partial charge on any atom is -0.508 e. The first kappa shape index (κ1) is 26.6. The molecule has 0 radical (unpaired) electrons. The molecule has 8 heterocycles. The summed E-state index contributed by atoms with van der Waals surface area (Å²) in [6.45, 7) is 3.17. The van der Waals surface area contributed by atoms with Crippen molar-refractivity contribution in [3.63, 3.8) is 0 Å². The Balaban J connectivity index is 1.26. The molecule has 0 aliphatic carbocycles. The van der Waals surface area contributed by atoms with Gasteiger partial charge >= 0.3 is 0 Å². The molecule has 11 nitrogen and oxygen atoms in total. The summed E-state index contributed by atoms with van der Waals surface area (Å²) in [5.41, 5.74) is 8.28. The van der Waals surface area contributed by atoms with Crippen molar-refractivity contribution in [2.75, 3.05) is 48.8 Å². The maximum atomic E-state index is 16.9. The molecule has 4 fully saturated rings. The molecule has 228 valence electrons. The van der Waals surface area contributed by atoms with Crippen LogP contribution in [0.3, 0.4) is 0 Å². The second kappa shape index (κ2) is 9.35. The van der Waals surface area contributed by atoms with Crippen LogP contribution in [0.25, 0.3) is 32.4 Å². The number of rotatable bonds is 4. The molecule has 1 aromatic carbocycles. The Bertz CT molecular complexity index is 1870. The lowest BCUT2D eigenvalue weighted by molar-refractivity contribution is -0.120. The van der Waals surface area contributed by atoms with E-state index in [4.69, 9.17) is 15.5 Å². The number of carbonyl (C=O) groups excluding carboxylic acids is 1. The monoisotopic (exact) mass is 616 g/mol. The number of likely N-dealkylation sites (N-methyl/N-ethyl adjacent to an activating group) is 1. The smallest absolute Gasteiger partial charge is 0.251 e. The molecule has 4 saturated heterocycles. The number of amides is 1. The number of fused-ring (bicyclic) bond motifs is 10. The van der Waals surface area contributed by atoms with Crippen LogP contribution in [0.5, 0.6) is 11.6 Å². The van der Waals surface area contributed by atoms with Gasteiger partial charge in [0.25, 0.3) is 5.91 Å². The predicted molar refractivity (Wildman–Crippen MR) is 167 cm³/mol. The van der Waals surface area contributed by atoms with Gasteiger partial charge in [-0.1, -0.05) is 11.3 Å². The molecule has 13 heteroatoms. The Hall–Kier alpha value is -3.81. The van der Waals surface area contributed by atoms with Crippen molar-refractivity contribution >= 4 is 54.9 Å². The molecular weight excluding hydrogens is 583 g/mol. The highest BCUT2D eigenvalue weighted by Crippen LogP contribution is 2.50. The van der Waals surface area contributed by atoms with Crippen molar-refractivity contribution in [2.45, 2.75) is 62.2 Å². The number of ether oxygens (including phenoxy) is 1. The fourth-order valence-electron chi connectivity index (χ4n) is 8.56. The first-order chi connectivity index (χ1) is 21.3.